The van der Waals surface area contributed by atoms with Crippen LogP contribution in [0.15, 0.2) is 18.2 Å². The summed E-state index contributed by atoms with van der Waals surface area (Å²) in [5, 5.41) is 10.1. The number of rotatable bonds is 6. The van der Waals surface area contributed by atoms with E-state index in [-0.39, 0.29) is 6.04 Å². The van der Waals surface area contributed by atoms with E-state index < -0.39 is 6.10 Å². The lowest BCUT2D eigenvalue weighted by Gasteiger charge is -2.17. The molecule has 0 aromatic heterocycles. The minimum absolute atomic E-state index is 0.0217. The van der Waals surface area contributed by atoms with Crippen molar-refractivity contribution < 1.29 is 9.84 Å². The third-order valence-electron chi connectivity index (χ3n) is 3.13. The van der Waals surface area contributed by atoms with Crippen LogP contribution >= 0.6 is 0 Å². The molecule has 0 heterocycles. The van der Waals surface area contributed by atoms with Crippen LogP contribution in [0.2, 0.25) is 0 Å². The second-order valence-corrected chi connectivity index (χ2v) is 4.64. The van der Waals surface area contributed by atoms with Crippen molar-refractivity contribution in [3.8, 4) is 0 Å². The molecule has 1 aromatic rings. The van der Waals surface area contributed by atoms with Crippen molar-refractivity contribution in [2.24, 2.45) is 5.73 Å². The highest BCUT2D eigenvalue weighted by Gasteiger charge is 2.13. The van der Waals surface area contributed by atoms with E-state index in [0.717, 1.165) is 12.0 Å². The largest absolute Gasteiger partial charge is 0.388 e. The SMILES string of the molecule is COCCC(N)CC(O)c1ccc(C)c(C)c1. The van der Waals surface area contributed by atoms with E-state index in [1.165, 1.54) is 11.1 Å². The Bertz CT molecular complexity index is 352. The van der Waals surface area contributed by atoms with Crippen LogP contribution in [-0.2, 0) is 4.74 Å². The van der Waals surface area contributed by atoms with Crippen molar-refractivity contribution in [2.45, 2.75) is 38.8 Å². The predicted molar refractivity (Wildman–Crippen MR) is 70.0 cm³/mol. The Morgan fingerprint density at radius 3 is 2.59 bits per heavy atom. The van der Waals surface area contributed by atoms with Gasteiger partial charge in [-0.15, -0.1) is 0 Å². The van der Waals surface area contributed by atoms with Gasteiger partial charge in [-0.25, -0.2) is 0 Å². The summed E-state index contributed by atoms with van der Waals surface area (Å²) >= 11 is 0. The molecule has 0 bridgehead atoms. The van der Waals surface area contributed by atoms with Gasteiger partial charge in [0.25, 0.3) is 0 Å². The summed E-state index contributed by atoms with van der Waals surface area (Å²) in [7, 11) is 1.66. The summed E-state index contributed by atoms with van der Waals surface area (Å²) in [4.78, 5) is 0. The van der Waals surface area contributed by atoms with Gasteiger partial charge in [0.1, 0.15) is 0 Å². The van der Waals surface area contributed by atoms with Crippen molar-refractivity contribution in [1.29, 1.82) is 0 Å². The van der Waals surface area contributed by atoms with Crippen molar-refractivity contribution in [3.05, 3.63) is 34.9 Å². The zero-order chi connectivity index (χ0) is 12.8. The molecule has 2 unspecified atom stereocenters. The van der Waals surface area contributed by atoms with Crippen molar-refractivity contribution >= 4 is 0 Å². The molecule has 17 heavy (non-hydrogen) atoms. The number of ether oxygens (including phenoxy) is 1. The van der Waals surface area contributed by atoms with E-state index in [1.807, 2.05) is 18.2 Å². The van der Waals surface area contributed by atoms with Gasteiger partial charge in [-0.1, -0.05) is 18.2 Å². The molecule has 3 nitrogen and oxygen atoms in total. The highest BCUT2D eigenvalue weighted by atomic mass is 16.5. The van der Waals surface area contributed by atoms with Gasteiger partial charge in [0.05, 0.1) is 6.10 Å². The molecule has 0 radical (unpaired) electrons. The maximum atomic E-state index is 10.1. The summed E-state index contributed by atoms with van der Waals surface area (Å²) in [6.45, 7) is 4.76. The first-order valence-corrected chi connectivity index (χ1v) is 6.04. The average Bonchev–Trinajstić information content (AvgIpc) is 2.30. The molecule has 0 spiro atoms. The summed E-state index contributed by atoms with van der Waals surface area (Å²) < 4.78 is 4.97. The number of nitrogens with two attached hydrogens (primary N) is 1. The van der Waals surface area contributed by atoms with Crippen molar-refractivity contribution in [3.63, 3.8) is 0 Å². The number of hydrogen-bond acceptors (Lipinski definition) is 3. The topological polar surface area (TPSA) is 55.5 Å². The fourth-order valence-corrected chi connectivity index (χ4v) is 1.78. The molecule has 1 rings (SSSR count). The quantitative estimate of drug-likeness (QED) is 0.796. The maximum absolute atomic E-state index is 10.1. The van der Waals surface area contributed by atoms with Crippen LogP contribution in [0.3, 0.4) is 0 Å². The smallest absolute Gasteiger partial charge is 0.0804 e. The second-order valence-electron chi connectivity index (χ2n) is 4.64. The number of aryl methyl sites for hydroxylation is 2. The highest BCUT2D eigenvalue weighted by molar-refractivity contribution is 5.31. The van der Waals surface area contributed by atoms with E-state index in [1.54, 1.807) is 7.11 Å². The zero-order valence-corrected chi connectivity index (χ0v) is 10.9. The maximum Gasteiger partial charge on any atom is 0.0804 e. The molecule has 3 heteroatoms. The van der Waals surface area contributed by atoms with Crippen LogP contribution in [0.5, 0.6) is 0 Å². The van der Waals surface area contributed by atoms with Crippen LogP contribution in [0.4, 0.5) is 0 Å². The van der Waals surface area contributed by atoms with Crippen molar-refractivity contribution in [1.82, 2.24) is 0 Å². The van der Waals surface area contributed by atoms with Gasteiger partial charge >= 0.3 is 0 Å². The lowest BCUT2D eigenvalue weighted by Crippen LogP contribution is -2.24. The zero-order valence-electron chi connectivity index (χ0n) is 10.9. The Hall–Kier alpha value is -0.900. The molecule has 0 fully saturated rings. The normalized spacial score (nSPS) is 14.6. The Morgan fingerprint density at radius 1 is 1.29 bits per heavy atom. The summed E-state index contributed by atoms with van der Waals surface area (Å²) in [6.07, 6.45) is 0.866. The summed E-state index contributed by atoms with van der Waals surface area (Å²) in [6, 6.07) is 6.01. The molecule has 0 aliphatic carbocycles. The Kier molecular flexibility index (Phi) is 5.62. The lowest BCUT2D eigenvalue weighted by atomic mass is 9.97. The molecule has 0 amide bonds. The van der Waals surface area contributed by atoms with E-state index in [2.05, 4.69) is 13.8 Å². The van der Waals surface area contributed by atoms with Gasteiger partial charge in [-0.2, -0.15) is 0 Å². The Balaban J connectivity index is 2.57. The number of methoxy groups -OCH3 is 1. The fraction of sp³-hybridized carbons (Fsp3) is 0.571. The van der Waals surface area contributed by atoms with Gasteiger partial charge in [0.2, 0.25) is 0 Å². The van der Waals surface area contributed by atoms with E-state index in [0.29, 0.717) is 13.0 Å². The van der Waals surface area contributed by atoms with Crippen LogP contribution < -0.4 is 5.73 Å². The van der Waals surface area contributed by atoms with Crippen LogP contribution in [0.1, 0.15) is 35.6 Å². The third-order valence-corrected chi connectivity index (χ3v) is 3.13. The van der Waals surface area contributed by atoms with Crippen molar-refractivity contribution in [2.75, 3.05) is 13.7 Å². The molecule has 0 saturated carbocycles. The van der Waals surface area contributed by atoms with Crippen LogP contribution in [0, 0.1) is 13.8 Å². The Morgan fingerprint density at radius 2 is 2.00 bits per heavy atom. The first kappa shape index (κ1) is 14.2. The molecule has 2 atom stereocenters. The van der Waals surface area contributed by atoms with Gasteiger partial charge in [-0.3, -0.25) is 0 Å². The first-order valence-electron chi connectivity index (χ1n) is 6.04. The minimum Gasteiger partial charge on any atom is -0.388 e. The molecule has 96 valence electrons. The first-order chi connectivity index (χ1) is 8.04. The molecule has 1 aromatic carbocycles. The van der Waals surface area contributed by atoms with Gasteiger partial charge < -0.3 is 15.6 Å². The molecular weight excluding hydrogens is 214 g/mol. The predicted octanol–water partition coefficient (Wildman–Crippen LogP) is 2.09. The van der Waals surface area contributed by atoms with Crippen LogP contribution in [0.25, 0.3) is 0 Å². The molecule has 0 saturated heterocycles. The van der Waals surface area contributed by atoms with Crippen LogP contribution in [-0.4, -0.2) is 24.9 Å². The Labute approximate surface area is 104 Å². The summed E-state index contributed by atoms with van der Waals surface area (Å²) in [5.74, 6) is 0. The van der Waals surface area contributed by atoms with Gasteiger partial charge in [-0.05, 0) is 43.4 Å². The van der Waals surface area contributed by atoms with Gasteiger partial charge in [0, 0.05) is 19.8 Å². The van der Waals surface area contributed by atoms with E-state index in [4.69, 9.17) is 10.5 Å². The third kappa shape index (κ3) is 4.46. The second kappa shape index (κ2) is 6.74. The number of benzene rings is 1. The molecular formula is C14H23NO2. The summed E-state index contributed by atoms with van der Waals surface area (Å²) in [5.41, 5.74) is 9.31. The molecule has 0 aliphatic heterocycles. The number of hydrogen-bond donors (Lipinski definition) is 2. The molecule has 3 N–H and O–H groups in total. The minimum atomic E-state index is -0.485. The lowest BCUT2D eigenvalue weighted by molar-refractivity contribution is 0.141. The van der Waals surface area contributed by atoms with E-state index in [9.17, 15) is 5.11 Å². The monoisotopic (exact) mass is 237 g/mol. The average molecular weight is 237 g/mol. The number of aliphatic hydroxyl groups is 1. The number of aliphatic hydroxyl groups excluding tert-OH is 1. The fourth-order valence-electron chi connectivity index (χ4n) is 1.78. The molecule has 0 aliphatic rings. The standard InChI is InChI=1S/C14H23NO2/c1-10-4-5-12(8-11(10)2)14(16)9-13(15)6-7-17-3/h4-5,8,13-14,16H,6-7,9,15H2,1-3H3. The highest BCUT2D eigenvalue weighted by Crippen LogP contribution is 2.21. The van der Waals surface area contributed by atoms with E-state index >= 15 is 0 Å². The van der Waals surface area contributed by atoms with Gasteiger partial charge in [0.15, 0.2) is 0 Å².